The molecule has 0 atom stereocenters. The number of pyridine rings is 1. The normalized spacial score (nSPS) is 11.0. The smallest absolute Gasteiger partial charge is 0.202 e. The number of H-pyrrole nitrogens is 1. The minimum atomic E-state index is -0.389. The molecule has 3 rings (SSSR count). The highest BCUT2D eigenvalue weighted by atomic mass is 35.5. The molecular formula is C19H15Cl2NO2S. The average Bonchev–Trinajstić information content (AvgIpc) is 2.57. The van der Waals surface area contributed by atoms with Crippen molar-refractivity contribution < 1.29 is 4.79 Å². The number of benzene rings is 2. The van der Waals surface area contributed by atoms with E-state index in [1.165, 1.54) is 24.2 Å². The third-order valence-corrected chi connectivity index (χ3v) is 5.58. The Bertz CT molecular complexity index is 1030. The predicted octanol–water partition coefficient (Wildman–Crippen LogP) is 5.64. The van der Waals surface area contributed by atoms with Gasteiger partial charge in [-0.25, -0.2) is 0 Å². The number of hydrogen-bond donors (Lipinski definition) is 1. The van der Waals surface area contributed by atoms with E-state index in [0.717, 1.165) is 5.56 Å². The number of carbonyl (C=O) groups is 1. The van der Waals surface area contributed by atoms with Gasteiger partial charge in [0, 0.05) is 5.75 Å². The molecule has 128 valence electrons. The number of Topliss-reactive ketones (excluding diaryl/α,β-unsaturated/α-hetero) is 1. The van der Waals surface area contributed by atoms with Crippen molar-refractivity contribution in [3.05, 3.63) is 73.4 Å². The molecule has 3 nitrogen and oxygen atoms in total. The summed E-state index contributed by atoms with van der Waals surface area (Å²) in [6.45, 7) is 3.40. The fraction of sp³-hybridized carbons (Fsp3) is 0.158. The Kier molecular flexibility index (Phi) is 5.23. The minimum absolute atomic E-state index is 0.119. The molecule has 0 bridgehead atoms. The van der Waals surface area contributed by atoms with Crippen molar-refractivity contribution >= 4 is 51.6 Å². The number of thioether (sulfide) groups is 1. The lowest BCUT2D eigenvalue weighted by molar-refractivity contribution is 0.101. The van der Waals surface area contributed by atoms with Crippen LogP contribution in [-0.2, 0) is 5.75 Å². The van der Waals surface area contributed by atoms with Gasteiger partial charge in [-0.1, -0.05) is 53.0 Å². The van der Waals surface area contributed by atoms with Crippen LogP contribution < -0.4 is 5.43 Å². The summed E-state index contributed by atoms with van der Waals surface area (Å²) < 4.78 is 0. The zero-order valence-corrected chi connectivity index (χ0v) is 16.0. The molecule has 3 aromatic rings. The predicted molar refractivity (Wildman–Crippen MR) is 105 cm³/mol. The molecule has 0 unspecified atom stereocenters. The molecular weight excluding hydrogens is 377 g/mol. The molecule has 0 amide bonds. The largest absolute Gasteiger partial charge is 0.348 e. The van der Waals surface area contributed by atoms with E-state index in [-0.39, 0.29) is 27.2 Å². The summed E-state index contributed by atoms with van der Waals surface area (Å²) in [4.78, 5) is 28.0. The molecule has 0 aliphatic rings. The van der Waals surface area contributed by atoms with Crippen molar-refractivity contribution in [2.24, 2.45) is 0 Å². The standard InChI is InChI=1S/C19H15Cl2NO2S/c1-10-3-5-12(6-4-10)9-25-19-15(11(2)23)18(24)16-13(20)7-8-14(21)17(16)22-19/h3-8H,9H2,1-2H3,(H,22,24). The van der Waals surface area contributed by atoms with Gasteiger partial charge in [-0.05, 0) is 31.5 Å². The third-order valence-electron chi connectivity index (χ3n) is 3.88. The summed E-state index contributed by atoms with van der Waals surface area (Å²) in [5.74, 6) is 0.325. The molecule has 6 heteroatoms. The van der Waals surface area contributed by atoms with E-state index in [9.17, 15) is 9.59 Å². The number of fused-ring (bicyclic) bond motifs is 1. The van der Waals surface area contributed by atoms with Crippen molar-refractivity contribution in [2.75, 3.05) is 0 Å². The molecule has 1 heterocycles. The van der Waals surface area contributed by atoms with Crippen LogP contribution in [0.15, 0.2) is 46.2 Å². The zero-order chi connectivity index (χ0) is 18.1. The maximum atomic E-state index is 12.8. The molecule has 0 radical (unpaired) electrons. The number of hydrogen-bond acceptors (Lipinski definition) is 3. The third kappa shape index (κ3) is 3.61. The first-order valence-corrected chi connectivity index (χ1v) is 9.36. The number of ketones is 1. The molecule has 0 fully saturated rings. The monoisotopic (exact) mass is 391 g/mol. The Balaban J connectivity index is 2.11. The second-order valence-electron chi connectivity index (χ2n) is 5.77. The van der Waals surface area contributed by atoms with E-state index < -0.39 is 0 Å². The van der Waals surface area contributed by atoms with Crippen molar-refractivity contribution in [3.63, 3.8) is 0 Å². The van der Waals surface area contributed by atoms with E-state index in [0.29, 0.717) is 21.3 Å². The SMILES string of the molecule is CC(=O)c1c(SCc2ccc(C)cc2)[nH]c2c(Cl)ccc(Cl)c2c1=O. The molecule has 0 saturated carbocycles. The lowest BCUT2D eigenvalue weighted by Crippen LogP contribution is -2.17. The molecule has 2 aromatic carbocycles. The second kappa shape index (κ2) is 7.24. The number of aromatic nitrogens is 1. The van der Waals surface area contributed by atoms with Crippen LogP contribution in [0.2, 0.25) is 10.0 Å². The molecule has 0 saturated heterocycles. The molecule has 0 spiro atoms. The van der Waals surface area contributed by atoms with Crippen molar-refractivity contribution in [2.45, 2.75) is 24.6 Å². The first kappa shape index (κ1) is 18.1. The van der Waals surface area contributed by atoms with Gasteiger partial charge in [0.1, 0.15) is 0 Å². The van der Waals surface area contributed by atoms with Gasteiger partial charge in [-0.15, -0.1) is 11.8 Å². The quantitative estimate of drug-likeness (QED) is 0.462. The Morgan fingerprint density at radius 3 is 2.36 bits per heavy atom. The second-order valence-corrected chi connectivity index (χ2v) is 7.57. The Morgan fingerprint density at radius 1 is 1.08 bits per heavy atom. The lowest BCUT2D eigenvalue weighted by Gasteiger charge is -2.11. The highest BCUT2D eigenvalue weighted by Gasteiger charge is 2.19. The summed E-state index contributed by atoms with van der Waals surface area (Å²) in [6.07, 6.45) is 0. The fourth-order valence-corrected chi connectivity index (χ4v) is 4.07. The van der Waals surface area contributed by atoms with Gasteiger partial charge in [0.25, 0.3) is 0 Å². The van der Waals surface area contributed by atoms with Crippen LogP contribution in [0.5, 0.6) is 0 Å². The van der Waals surface area contributed by atoms with Gasteiger partial charge in [-0.3, -0.25) is 9.59 Å². The molecule has 25 heavy (non-hydrogen) atoms. The Labute approximate surface area is 159 Å². The van der Waals surface area contributed by atoms with Crippen molar-refractivity contribution in [1.82, 2.24) is 4.98 Å². The number of halogens is 2. The lowest BCUT2D eigenvalue weighted by atomic mass is 10.1. The zero-order valence-electron chi connectivity index (χ0n) is 13.7. The van der Waals surface area contributed by atoms with Gasteiger partial charge >= 0.3 is 0 Å². The number of aryl methyl sites for hydroxylation is 1. The summed E-state index contributed by atoms with van der Waals surface area (Å²) in [7, 11) is 0. The van der Waals surface area contributed by atoms with Gasteiger partial charge < -0.3 is 4.98 Å². The van der Waals surface area contributed by atoms with Gasteiger partial charge in [0.05, 0.1) is 31.5 Å². The highest BCUT2D eigenvalue weighted by Crippen LogP contribution is 2.31. The van der Waals surface area contributed by atoms with Gasteiger partial charge in [0.15, 0.2) is 5.78 Å². The van der Waals surface area contributed by atoms with Gasteiger partial charge in [0.2, 0.25) is 5.43 Å². The molecule has 0 aliphatic carbocycles. The minimum Gasteiger partial charge on any atom is -0.348 e. The van der Waals surface area contributed by atoms with Crippen LogP contribution in [0.25, 0.3) is 10.9 Å². The highest BCUT2D eigenvalue weighted by molar-refractivity contribution is 7.98. The number of aromatic amines is 1. The van der Waals surface area contributed by atoms with E-state index >= 15 is 0 Å². The maximum Gasteiger partial charge on any atom is 0.202 e. The van der Waals surface area contributed by atoms with Crippen LogP contribution in [-0.4, -0.2) is 10.8 Å². The number of nitrogens with one attached hydrogen (secondary N) is 1. The average molecular weight is 392 g/mol. The van der Waals surface area contributed by atoms with Crippen molar-refractivity contribution in [1.29, 1.82) is 0 Å². The van der Waals surface area contributed by atoms with E-state index in [4.69, 9.17) is 23.2 Å². The first-order valence-electron chi connectivity index (χ1n) is 7.61. The van der Waals surface area contributed by atoms with Crippen molar-refractivity contribution in [3.8, 4) is 0 Å². The molecule has 0 aliphatic heterocycles. The fourth-order valence-electron chi connectivity index (χ4n) is 2.57. The first-order chi connectivity index (χ1) is 11.9. The maximum absolute atomic E-state index is 12.8. The summed E-state index contributed by atoms with van der Waals surface area (Å²) in [6, 6.07) is 11.3. The Morgan fingerprint density at radius 2 is 1.72 bits per heavy atom. The summed E-state index contributed by atoms with van der Waals surface area (Å²) >= 11 is 13.8. The van der Waals surface area contributed by atoms with E-state index in [2.05, 4.69) is 4.98 Å². The van der Waals surface area contributed by atoms with Crippen LogP contribution in [0.3, 0.4) is 0 Å². The summed E-state index contributed by atoms with van der Waals surface area (Å²) in [5.41, 5.74) is 2.46. The van der Waals surface area contributed by atoms with E-state index in [1.54, 1.807) is 12.1 Å². The van der Waals surface area contributed by atoms with Crippen LogP contribution in [0.4, 0.5) is 0 Å². The topological polar surface area (TPSA) is 49.9 Å². The Hall–Kier alpha value is -1.75. The van der Waals surface area contributed by atoms with Crippen LogP contribution in [0, 0.1) is 6.92 Å². The summed E-state index contributed by atoms with van der Waals surface area (Å²) in [5, 5.41) is 1.43. The van der Waals surface area contributed by atoms with Crippen LogP contribution in [0.1, 0.15) is 28.4 Å². The number of carbonyl (C=O) groups excluding carboxylic acids is 1. The van der Waals surface area contributed by atoms with Gasteiger partial charge in [-0.2, -0.15) is 0 Å². The molecule has 1 aromatic heterocycles. The van der Waals surface area contributed by atoms with E-state index in [1.807, 2.05) is 31.2 Å². The molecule has 1 N–H and O–H groups in total. The number of rotatable bonds is 4. The van der Waals surface area contributed by atoms with Crippen LogP contribution >= 0.6 is 35.0 Å².